The number of carbonyl (C=O) groups is 3. The van der Waals surface area contributed by atoms with E-state index < -0.39 is 24.0 Å². The number of aliphatic carboxylic acids is 1. The third kappa shape index (κ3) is 11.0. The molecule has 13 heteroatoms. The molecule has 0 saturated carbocycles. The van der Waals surface area contributed by atoms with Crippen molar-refractivity contribution >= 4 is 35.8 Å². The van der Waals surface area contributed by atoms with Crippen LogP contribution in [0.2, 0.25) is 0 Å². The molecule has 2 rings (SSSR count). The van der Waals surface area contributed by atoms with Gasteiger partial charge in [-0.3, -0.25) is 25.2 Å². The Bertz CT molecular complexity index is 931. The minimum absolute atomic E-state index is 0.0116. The molecule has 0 aromatic heterocycles. The number of ether oxygens (including phenoxy) is 1. The highest BCUT2D eigenvalue weighted by molar-refractivity contribution is 6.02. The van der Waals surface area contributed by atoms with Crippen molar-refractivity contribution in [3.63, 3.8) is 0 Å². The van der Waals surface area contributed by atoms with Crippen LogP contribution < -0.4 is 11.1 Å². The van der Waals surface area contributed by atoms with Crippen molar-refractivity contribution in [2.45, 2.75) is 39.2 Å². The average molecular weight is 508 g/mol. The Morgan fingerprint density at radius 3 is 2.53 bits per heavy atom. The molecule has 1 unspecified atom stereocenters. The quantitative estimate of drug-likeness (QED) is 0.0652. The Labute approximate surface area is 208 Å². The fourth-order valence-electron chi connectivity index (χ4n) is 3.24. The van der Waals surface area contributed by atoms with Crippen LogP contribution in [0.25, 0.3) is 0 Å². The molecule has 1 aromatic rings. The monoisotopic (exact) mass is 507 g/mol. The third-order valence-corrected chi connectivity index (χ3v) is 5.16. The van der Waals surface area contributed by atoms with Gasteiger partial charge in [0.15, 0.2) is 0 Å². The second-order valence-electron chi connectivity index (χ2n) is 7.92. The first kappa shape index (κ1) is 30.0. The number of nitrogens with two attached hydrogens (primary N) is 1. The van der Waals surface area contributed by atoms with Gasteiger partial charge >= 0.3 is 5.97 Å². The van der Waals surface area contributed by atoms with E-state index in [0.29, 0.717) is 30.5 Å². The Morgan fingerprint density at radius 2 is 1.97 bits per heavy atom. The van der Waals surface area contributed by atoms with Crippen molar-refractivity contribution in [1.29, 1.82) is 10.8 Å². The first-order chi connectivity index (χ1) is 17.1. The Kier molecular flexibility index (Phi) is 13.2. The van der Waals surface area contributed by atoms with Crippen LogP contribution in [0.15, 0.2) is 29.4 Å². The summed E-state index contributed by atoms with van der Waals surface area (Å²) in [5.74, 6) is -2.23. The number of carboxylic acids is 1. The minimum atomic E-state index is -0.833. The highest BCUT2D eigenvalue weighted by atomic mass is 17.2. The number of hydrogen-bond acceptors (Lipinski definition) is 10. The van der Waals surface area contributed by atoms with Gasteiger partial charge in [0.25, 0.3) is 5.97 Å². The lowest BCUT2D eigenvalue weighted by molar-refractivity contribution is -0.219. The van der Waals surface area contributed by atoms with Crippen LogP contribution >= 0.6 is 0 Å². The molecule has 0 radical (unpaired) electrons. The molecular formula is C23H33N5O8. The number of rotatable bonds is 13. The van der Waals surface area contributed by atoms with Gasteiger partial charge in [0.2, 0.25) is 12.3 Å². The van der Waals surface area contributed by atoms with E-state index in [0.717, 1.165) is 12.5 Å². The van der Waals surface area contributed by atoms with Crippen molar-refractivity contribution in [2.75, 3.05) is 20.3 Å². The first-order valence-electron chi connectivity index (χ1n) is 11.1. The third-order valence-electron chi connectivity index (χ3n) is 5.16. The van der Waals surface area contributed by atoms with Gasteiger partial charge in [0, 0.05) is 25.5 Å². The lowest BCUT2D eigenvalue weighted by Gasteiger charge is -2.22. The fourth-order valence-corrected chi connectivity index (χ4v) is 3.24. The van der Waals surface area contributed by atoms with Crippen molar-refractivity contribution < 1.29 is 38.8 Å². The van der Waals surface area contributed by atoms with Crippen molar-refractivity contribution in [3.05, 3.63) is 35.4 Å². The number of amides is 1. The number of nitrogens with zero attached hydrogens (tertiary/aromatic N) is 1. The summed E-state index contributed by atoms with van der Waals surface area (Å²) >= 11 is 0. The molecule has 198 valence electrons. The number of carboxylic acid groups (broad SMARTS) is 1. The van der Waals surface area contributed by atoms with Crippen LogP contribution in [-0.2, 0) is 33.7 Å². The topological polar surface area (TPSA) is 206 Å². The number of esters is 1. The van der Waals surface area contributed by atoms with Crippen molar-refractivity contribution in [1.82, 2.24) is 5.32 Å². The lowest BCUT2D eigenvalue weighted by atomic mass is 9.91. The van der Waals surface area contributed by atoms with Crippen LogP contribution in [0.1, 0.15) is 44.2 Å². The molecule has 36 heavy (non-hydrogen) atoms. The van der Waals surface area contributed by atoms with E-state index >= 15 is 0 Å². The van der Waals surface area contributed by atoms with Crippen LogP contribution in [0.5, 0.6) is 0 Å². The zero-order valence-corrected chi connectivity index (χ0v) is 20.5. The summed E-state index contributed by atoms with van der Waals surface area (Å²) < 4.78 is 4.85. The zero-order chi connectivity index (χ0) is 27.1. The lowest BCUT2D eigenvalue weighted by Crippen LogP contribution is -2.38. The first-order valence-corrected chi connectivity index (χ1v) is 11.1. The largest absolute Gasteiger partial charge is 0.481 e. The molecule has 1 amide bonds. The molecule has 0 aliphatic carbocycles. The van der Waals surface area contributed by atoms with E-state index in [4.69, 9.17) is 40.9 Å². The van der Waals surface area contributed by atoms with Crippen LogP contribution in [-0.4, -0.2) is 67.3 Å². The maximum atomic E-state index is 12.4. The fraction of sp³-hybridized carbons (Fsp3) is 0.478. The van der Waals surface area contributed by atoms with Gasteiger partial charge in [-0.25, -0.2) is 0 Å². The van der Waals surface area contributed by atoms with Crippen LogP contribution in [0, 0.1) is 22.7 Å². The normalized spacial score (nSPS) is 15.6. The molecule has 6 N–H and O–H groups in total. The molecule has 0 bridgehead atoms. The van der Waals surface area contributed by atoms with Gasteiger partial charge < -0.3 is 30.6 Å². The van der Waals surface area contributed by atoms with Gasteiger partial charge in [-0.1, -0.05) is 36.3 Å². The summed E-state index contributed by atoms with van der Waals surface area (Å²) in [6.45, 7) is 3.24. The Morgan fingerprint density at radius 1 is 1.33 bits per heavy atom. The number of hydrogen-bond donors (Lipinski definition) is 5. The second kappa shape index (κ2) is 15.8. The molecule has 1 aliphatic rings. The van der Waals surface area contributed by atoms with Crippen molar-refractivity contribution in [2.24, 2.45) is 22.7 Å². The Balaban J connectivity index is 0.00000150. The Hall–Kier alpha value is -4.00. The van der Waals surface area contributed by atoms with Gasteiger partial charge in [-0.15, -0.1) is 0 Å². The van der Waals surface area contributed by atoms with E-state index in [9.17, 15) is 9.59 Å². The summed E-state index contributed by atoms with van der Waals surface area (Å²) in [5, 5.41) is 28.4. The minimum Gasteiger partial charge on any atom is -0.481 e. The maximum absolute atomic E-state index is 12.4. The number of benzene rings is 1. The van der Waals surface area contributed by atoms with Gasteiger partial charge in [-0.2, -0.15) is 4.89 Å². The van der Waals surface area contributed by atoms with E-state index in [-0.39, 0.29) is 37.2 Å². The molecule has 0 fully saturated rings. The summed E-state index contributed by atoms with van der Waals surface area (Å²) in [4.78, 5) is 48.1. The highest BCUT2D eigenvalue weighted by Crippen LogP contribution is 2.20. The maximum Gasteiger partial charge on any atom is 0.310 e. The summed E-state index contributed by atoms with van der Waals surface area (Å²) in [7, 11) is 1.30. The van der Waals surface area contributed by atoms with Gasteiger partial charge in [-0.05, 0) is 17.9 Å². The number of amidine groups is 1. The summed E-state index contributed by atoms with van der Waals surface area (Å²) in [6, 6.07) is 7.08. The molecule has 13 nitrogen and oxygen atoms in total. The van der Waals surface area contributed by atoms with Crippen molar-refractivity contribution in [3.8, 4) is 0 Å². The van der Waals surface area contributed by atoms with E-state index in [2.05, 4.69) is 15.4 Å². The van der Waals surface area contributed by atoms with E-state index in [1.807, 2.05) is 6.92 Å². The number of carbonyl (C=O) groups excluding carboxylic acids is 2. The number of nitrogen functional groups attached to an aromatic ring is 1. The summed E-state index contributed by atoms with van der Waals surface area (Å²) in [6.07, 6.45) is 1.31. The molecule has 1 aliphatic heterocycles. The predicted octanol–water partition coefficient (Wildman–Crippen LogP) is 1.43. The van der Waals surface area contributed by atoms with Crippen LogP contribution in [0.4, 0.5) is 0 Å². The SMILES string of the molecule is CC(=O)O.COC(=O)[C@H](CNC(=O)C[C@H]1CC(c2ccc(C(=N)N)cc2)=NO1)C(C)CCOOC=N. The van der Waals surface area contributed by atoms with E-state index in [1.54, 1.807) is 24.3 Å². The number of methoxy groups -OCH3 is 1. The van der Waals surface area contributed by atoms with E-state index in [1.165, 1.54) is 7.11 Å². The molecule has 0 spiro atoms. The van der Waals surface area contributed by atoms with Gasteiger partial charge in [0.05, 0.1) is 31.8 Å². The highest BCUT2D eigenvalue weighted by Gasteiger charge is 2.28. The number of oxime groups is 1. The second-order valence-corrected chi connectivity index (χ2v) is 7.92. The molecule has 1 heterocycles. The van der Waals surface area contributed by atoms with Crippen LogP contribution in [0.3, 0.4) is 0 Å². The van der Waals surface area contributed by atoms with Gasteiger partial charge in [0.1, 0.15) is 11.9 Å². The summed E-state index contributed by atoms with van der Waals surface area (Å²) in [5.41, 5.74) is 7.63. The molecule has 0 saturated heterocycles. The number of nitrogens with one attached hydrogen (secondary N) is 3. The smallest absolute Gasteiger partial charge is 0.310 e. The predicted molar refractivity (Wildman–Crippen MR) is 130 cm³/mol. The molecule has 1 aromatic carbocycles. The molecular weight excluding hydrogens is 474 g/mol. The zero-order valence-electron chi connectivity index (χ0n) is 20.5. The average Bonchev–Trinajstić information content (AvgIpc) is 3.29. The molecule has 3 atom stereocenters. The standard InChI is InChI=1S/C21H29N5O6.C2H4O2/c1-13(7-8-30-31-12-22)17(21(28)29-2)11-25-19(27)10-16-9-18(26-32-16)14-3-5-15(6-4-14)20(23)24;1-2(3)4/h3-6,12-13,16-17,22H,7-11H2,1-2H3,(H3,23,24)(H,25,27);1H3,(H,3,4)/t13?,16-,17-;/m1./s1.